The number of furan rings is 1. The van der Waals surface area contributed by atoms with Crippen LogP contribution in [0.1, 0.15) is 44.0 Å². The topological polar surface area (TPSA) is 136 Å². The van der Waals surface area contributed by atoms with E-state index in [2.05, 4.69) is 20.8 Å². The monoisotopic (exact) mass is 497 g/mol. The van der Waals surface area contributed by atoms with Crippen molar-refractivity contribution < 1.29 is 28.3 Å². The fraction of sp³-hybridized carbons (Fsp3) is 0.348. The molecule has 0 bridgehead atoms. The van der Waals surface area contributed by atoms with Crippen LogP contribution in [0, 0.1) is 12.8 Å². The second-order valence-corrected chi connectivity index (χ2v) is 9.23. The number of nitrogens with zero attached hydrogens (tertiary/aromatic N) is 3. The molecular formula is C23H23N5O6S. The van der Waals surface area contributed by atoms with Gasteiger partial charge in [-0.3, -0.25) is 14.4 Å². The Morgan fingerprint density at radius 1 is 1.11 bits per heavy atom. The molecule has 0 saturated carbocycles. The number of piperidine rings is 1. The number of ether oxygens (including phenoxy) is 2. The number of amides is 3. The minimum Gasteiger partial charge on any atom is -0.465 e. The highest BCUT2D eigenvalue weighted by Gasteiger charge is 2.31. The number of fused-ring (bicyclic) bond motifs is 1. The second-order valence-electron chi connectivity index (χ2n) is 8.26. The Morgan fingerprint density at radius 3 is 2.77 bits per heavy atom. The lowest BCUT2D eigenvalue weighted by Crippen LogP contribution is -2.45. The highest BCUT2D eigenvalue weighted by atomic mass is 32.1. The van der Waals surface area contributed by atoms with Crippen molar-refractivity contribution in [2.75, 3.05) is 25.2 Å². The normalized spacial score (nSPS) is 16.7. The van der Waals surface area contributed by atoms with Crippen LogP contribution in [0.15, 0.2) is 34.7 Å². The number of carbonyl (C=O) groups is 3. The molecule has 0 radical (unpaired) electrons. The van der Waals surface area contributed by atoms with Crippen LogP contribution in [-0.4, -0.2) is 52.7 Å². The number of aryl methyl sites for hydroxylation is 1. The molecule has 2 aliphatic rings. The first-order chi connectivity index (χ1) is 17.0. The summed E-state index contributed by atoms with van der Waals surface area (Å²) in [6.45, 7) is 3.07. The Kier molecular flexibility index (Phi) is 6.36. The van der Waals surface area contributed by atoms with E-state index in [-0.39, 0.29) is 41.1 Å². The number of likely N-dealkylation sites (tertiary alicyclic amines) is 1. The van der Waals surface area contributed by atoms with Gasteiger partial charge in [0.15, 0.2) is 11.5 Å². The average Bonchev–Trinajstić information content (AvgIpc) is 3.63. The Morgan fingerprint density at radius 2 is 1.94 bits per heavy atom. The number of hydrogen-bond donors (Lipinski definition) is 2. The summed E-state index contributed by atoms with van der Waals surface area (Å²) in [4.78, 5) is 39.8. The van der Waals surface area contributed by atoms with Gasteiger partial charge in [-0.2, -0.15) is 0 Å². The molecule has 2 N–H and O–H groups in total. The Balaban J connectivity index is 1.17. The van der Waals surface area contributed by atoms with Gasteiger partial charge in [-0.1, -0.05) is 11.3 Å². The van der Waals surface area contributed by atoms with Crippen LogP contribution in [0.5, 0.6) is 11.5 Å². The molecule has 5 rings (SSSR count). The number of rotatable bonds is 6. The van der Waals surface area contributed by atoms with Crippen LogP contribution in [0.4, 0.5) is 5.69 Å². The van der Waals surface area contributed by atoms with E-state index >= 15 is 0 Å². The molecule has 1 saturated heterocycles. The lowest BCUT2D eigenvalue weighted by molar-refractivity contribution is -0.126. The highest BCUT2D eigenvalue weighted by Crippen LogP contribution is 2.34. The van der Waals surface area contributed by atoms with Gasteiger partial charge in [0.25, 0.3) is 11.8 Å². The summed E-state index contributed by atoms with van der Waals surface area (Å²) in [7, 11) is 0. The zero-order chi connectivity index (χ0) is 24.4. The minimum atomic E-state index is -0.482. The van der Waals surface area contributed by atoms with Gasteiger partial charge >= 0.3 is 0 Å². The van der Waals surface area contributed by atoms with Gasteiger partial charge in [-0.15, -0.1) is 10.2 Å². The maximum atomic E-state index is 13.0. The van der Waals surface area contributed by atoms with Crippen LogP contribution in [0.2, 0.25) is 0 Å². The van der Waals surface area contributed by atoms with Crippen LogP contribution in [0.3, 0.4) is 0 Å². The second kappa shape index (κ2) is 9.74. The van der Waals surface area contributed by atoms with Crippen LogP contribution < -0.4 is 20.1 Å². The molecule has 3 amide bonds. The number of carbonyl (C=O) groups excluding carboxylic acids is 3. The minimum absolute atomic E-state index is 0.0612. The van der Waals surface area contributed by atoms with Crippen LogP contribution in [-0.2, 0) is 11.3 Å². The van der Waals surface area contributed by atoms with Crippen molar-refractivity contribution in [1.82, 2.24) is 20.4 Å². The number of aromatic nitrogens is 2. The molecule has 1 fully saturated rings. The summed E-state index contributed by atoms with van der Waals surface area (Å²) in [6.07, 6.45) is 1.38. The molecule has 12 heteroatoms. The van der Waals surface area contributed by atoms with Gasteiger partial charge < -0.3 is 29.4 Å². The quantitative estimate of drug-likeness (QED) is 0.530. The molecule has 0 aliphatic carbocycles. The zero-order valence-electron chi connectivity index (χ0n) is 18.9. The molecule has 0 unspecified atom stereocenters. The highest BCUT2D eigenvalue weighted by molar-refractivity contribution is 7.15. The van der Waals surface area contributed by atoms with Crippen molar-refractivity contribution >= 4 is 34.7 Å². The summed E-state index contributed by atoms with van der Waals surface area (Å²) in [5.41, 5.74) is 0.511. The fourth-order valence-corrected chi connectivity index (χ4v) is 4.68. The molecule has 182 valence electrons. The predicted molar refractivity (Wildman–Crippen MR) is 124 cm³/mol. The van der Waals surface area contributed by atoms with Crippen molar-refractivity contribution in [3.63, 3.8) is 0 Å². The molecule has 2 aromatic heterocycles. The fourth-order valence-electron chi connectivity index (χ4n) is 3.97. The number of anilines is 1. The van der Waals surface area contributed by atoms with Crippen LogP contribution in [0.25, 0.3) is 0 Å². The maximum Gasteiger partial charge on any atom is 0.286 e. The van der Waals surface area contributed by atoms with Gasteiger partial charge in [0, 0.05) is 24.8 Å². The Labute approximate surface area is 204 Å². The molecule has 35 heavy (non-hydrogen) atoms. The zero-order valence-corrected chi connectivity index (χ0v) is 19.7. The van der Waals surface area contributed by atoms with Gasteiger partial charge in [-0.05, 0) is 44.0 Å². The van der Waals surface area contributed by atoms with Crippen molar-refractivity contribution in [3.05, 3.63) is 51.9 Å². The molecule has 1 aromatic carbocycles. The van der Waals surface area contributed by atoms with Crippen molar-refractivity contribution in [2.24, 2.45) is 5.92 Å². The lowest BCUT2D eigenvalue weighted by atomic mass is 9.97. The third-order valence-corrected chi connectivity index (χ3v) is 6.65. The van der Waals surface area contributed by atoms with E-state index in [0.717, 1.165) is 17.1 Å². The van der Waals surface area contributed by atoms with Crippen molar-refractivity contribution in [2.45, 2.75) is 26.3 Å². The smallest absolute Gasteiger partial charge is 0.286 e. The summed E-state index contributed by atoms with van der Waals surface area (Å²) < 4.78 is 16.1. The summed E-state index contributed by atoms with van der Waals surface area (Å²) in [5.74, 6) is 1.33. The van der Waals surface area contributed by atoms with E-state index in [0.29, 0.717) is 48.9 Å². The van der Waals surface area contributed by atoms with Crippen molar-refractivity contribution in [1.29, 1.82) is 0 Å². The largest absolute Gasteiger partial charge is 0.465 e. The Hall–Kier alpha value is -3.93. The van der Waals surface area contributed by atoms with E-state index in [1.54, 1.807) is 23.1 Å². The van der Waals surface area contributed by atoms with E-state index in [9.17, 15) is 14.4 Å². The third kappa shape index (κ3) is 5.11. The van der Waals surface area contributed by atoms with Crippen LogP contribution >= 0.6 is 11.3 Å². The van der Waals surface area contributed by atoms with E-state index < -0.39 is 5.91 Å². The van der Waals surface area contributed by atoms with Gasteiger partial charge in [0.05, 0.1) is 12.5 Å². The maximum absolute atomic E-state index is 13.0. The molecule has 11 nitrogen and oxygen atoms in total. The SMILES string of the molecule is Cc1ccc(CNC(=O)[C@@H]2CCCN(C(=O)c3nnc(C(=O)Nc4ccc5c(c4)OCO5)s3)C2)o1. The number of nitrogens with one attached hydrogen (secondary N) is 2. The first-order valence-electron chi connectivity index (χ1n) is 11.1. The van der Waals surface area contributed by atoms with Gasteiger partial charge in [-0.25, -0.2) is 0 Å². The van der Waals surface area contributed by atoms with Gasteiger partial charge in [0.1, 0.15) is 11.5 Å². The summed E-state index contributed by atoms with van der Waals surface area (Å²) in [6, 6.07) is 8.70. The molecule has 0 spiro atoms. The van der Waals surface area contributed by atoms with Crippen molar-refractivity contribution in [3.8, 4) is 11.5 Å². The third-order valence-electron chi connectivity index (χ3n) is 5.74. The van der Waals surface area contributed by atoms with E-state index in [4.69, 9.17) is 13.9 Å². The number of benzene rings is 1. The summed E-state index contributed by atoms with van der Waals surface area (Å²) >= 11 is 0.913. The first kappa shape index (κ1) is 22.8. The Bertz CT molecular complexity index is 1270. The molecule has 4 heterocycles. The molecule has 3 aromatic rings. The van der Waals surface area contributed by atoms with E-state index in [1.165, 1.54) is 0 Å². The van der Waals surface area contributed by atoms with E-state index in [1.807, 2.05) is 19.1 Å². The van der Waals surface area contributed by atoms with Gasteiger partial charge in [0.2, 0.25) is 22.7 Å². The predicted octanol–water partition coefficient (Wildman–Crippen LogP) is 2.59. The summed E-state index contributed by atoms with van der Waals surface area (Å²) in [5, 5.41) is 13.6. The molecular weight excluding hydrogens is 474 g/mol. The number of hydrogen-bond acceptors (Lipinski definition) is 9. The molecule has 2 aliphatic heterocycles. The standard InChI is InChI=1S/C23H23N5O6S/c1-13-4-6-16(34-13)10-24-19(29)14-3-2-8-28(11-14)23(31)22-27-26-21(35-22)20(30)25-15-5-7-17-18(9-15)33-12-32-17/h4-7,9,14H,2-3,8,10-12H2,1H3,(H,24,29)(H,25,30)/t14-/m1/s1. The molecule has 1 atom stereocenters. The first-order valence-corrected chi connectivity index (χ1v) is 11.9. The average molecular weight is 498 g/mol. The lowest BCUT2D eigenvalue weighted by Gasteiger charge is -2.31.